The van der Waals surface area contributed by atoms with Gasteiger partial charge >= 0.3 is 6.18 Å². The zero-order chi connectivity index (χ0) is 15.5. The van der Waals surface area contributed by atoms with E-state index < -0.39 is 11.9 Å². The predicted octanol–water partition coefficient (Wildman–Crippen LogP) is 2.73. The normalized spacial score (nSPS) is 17.5. The van der Waals surface area contributed by atoms with Gasteiger partial charge in [-0.25, -0.2) is 4.98 Å². The second kappa shape index (κ2) is 6.31. The van der Waals surface area contributed by atoms with Crippen molar-refractivity contribution in [3.63, 3.8) is 0 Å². The van der Waals surface area contributed by atoms with Crippen molar-refractivity contribution >= 4 is 5.82 Å². The minimum absolute atomic E-state index is 0.0197. The Bertz CT molecular complexity index is 528. The lowest BCUT2D eigenvalue weighted by atomic mass is 9.97. The molecule has 2 heterocycles. The van der Waals surface area contributed by atoms with Crippen LogP contribution in [0.4, 0.5) is 19.0 Å². The van der Waals surface area contributed by atoms with Gasteiger partial charge in [-0.3, -0.25) is 0 Å². The molecular weight excluding hydrogens is 281 g/mol. The summed E-state index contributed by atoms with van der Waals surface area (Å²) in [5.41, 5.74) is -0.844. The van der Waals surface area contributed by atoms with Gasteiger partial charge in [-0.15, -0.1) is 0 Å². The number of rotatable bonds is 3. The maximum Gasteiger partial charge on any atom is 0.433 e. The number of likely N-dealkylation sites (tertiary alicyclic amines) is 1. The first-order chi connectivity index (χ1) is 9.90. The lowest BCUT2D eigenvalue weighted by molar-refractivity contribution is -0.141. The molecular formula is C14H17F3N4. The number of hydrogen-bond donors (Lipinski definition) is 1. The van der Waals surface area contributed by atoms with Gasteiger partial charge < -0.3 is 10.2 Å². The van der Waals surface area contributed by atoms with Gasteiger partial charge in [-0.05, 0) is 51.0 Å². The summed E-state index contributed by atoms with van der Waals surface area (Å²) in [6.07, 6.45) is -2.52. The van der Waals surface area contributed by atoms with Gasteiger partial charge in [0.05, 0.1) is 5.56 Å². The molecule has 4 nitrogen and oxygen atoms in total. The third-order valence-electron chi connectivity index (χ3n) is 3.70. The minimum Gasteiger partial charge on any atom is -0.369 e. The average Bonchev–Trinajstić information content (AvgIpc) is 2.45. The second-order valence-corrected chi connectivity index (χ2v) is 5.33. The van der Waals surface area contributed by atoms with Crippen LogP contribution in [0.3, 0.4) is 0 Å². The molecule has 114 valence electrons. The number of hydrogen-bond acceptors (Lipinski definition) is 4. The van der Waals surface area contributed by atoms with E-state index in [1.54, 1.807) is 0 Å². The number of nitrogens with zero attached hydrogens (tertiary/aromatic N) is 3. The fourth-order valence-corrected chi connectivity index (χ4v) is 2.35. The molecule has 1 N–H and O–H groups in total. The van der Waals surface area contributed by atoms with Crippen LogP contribution in [0.1, 0.15) is 24.1 Å². The van der Waals surface area contributed by atoms with Crippen LogP contribution < -0.4 is 5.32 Å². The Morgan fingerprint density at radius 2 is 2.05 bits per heavy atom. The lowest BCUT2D eigenvalue weighted by Crippen LogP contribution is -2.33. The Labute approximate surface area is 121 Å². The topological polar surface area (TPSA) is 52.0 Å². The third-order valence-corrected chi connectivity index (χ3v) is 3.70. The van der Waals surface area contributed by atoms with Crippen LogP contribution in [0.15, 0.2) is 12.1 Å². The predicted molar refractivity (Wildman–Crippen MR) is 72.7 cm³/mol. The minimum atomic E-state index is -4.50. The summed E-state index contributed by atoms with van der Waals surface area (Å²) in [7, 11) is 2.05. The first-order valence-corrected chi connectivity index (χ1v) is 6.81. The van der Waals surface area contributed by atoms with Crippen LogP contribution in [-0.2, 0) is 6.18 Å². The van der Waals surface area contributed by atoms with Crippen LogP contribution >= 0.6 is 0 Å². The lowest BCUT2D eigenvalue weighted by Gasteiger charge is -2.29. The highest BCUT2D eigenvalue weighted by Gasteiger charge is 2.33. The zero-order valence-electron chi connectivity index (χ0n) is 11.7. The van der Waals surface area contributed by atoms with Crippen molar-refractivity contribution in [1.29, 1.82) is 5.26 Å². The Balaban J connectivity index is 2.06. The van der Waals surface area contributed by atoms with E-state index in [0.717, 1.165) is 38.1 Å². The molecule has 0 aliphatic carbocycles. The molecule has 1 aromatic rings. The molecule has 1 aliphatic rings. The van der Waals surface area contributed by atoms with Crippen molar-refractivity contribution < 1.29 is 13.2 Å². The van der Waals surface area contributed by atoms with Crippen molar-refractivity contribution in [2.75, 3.05) is 32.0 Å². The van der Waals surface area contributed by atoms with Crippen molar-refractivity contribution in [2.45, 2.75) is 19.0 Å². The molecule has 0 amide bonds. The first kappa shape index (κ1) is 15.6. The summed E-state index contributed by atoms with van der Waals surface area (Å²) >= 11 is 0. The van der Waals surface area contributed by atoms with Gasteiger partial charge in [0.1, 0.15) is 17.6 Å². The molecule has 1 fully saturated rings. The van der Waals surface area contributed by atoms with Gasteiger partial charge in [0.15, 0.2) is 0 Å². The van der Waals surface area contributed by atoms with Crippen LogP contribution in [0.5, 0.6) is 0 Å². The Hall–Kier alpha value is -1.81. The van der Waals surface area contributed by atoms with Crippen molar-refractivity contribution in [1.82, 2.24) is 9.88 Å². The van der Waals surface area contributed by atoms with Crippen LogP contribution in [0.2, 0.25) is 0 Å². The largest absolute Gasteiger partial charge is 0.433 e. The molecule has 0 unspecified atom stereocenters. The molecule has 7 heteroatoms. The number of nitrogens with one attached hydrogen (secondary N) is 1. The molecule has 1 saturated heterocycles. The van der Waals surface area contributed by atoms with E-state index in [9.17, 15) is 13.2 Å². The third kappa shape index (κ3) is 4.08. The van der Waals surface area contributed by atoms with E-state index in [1.165, 1.54) is 0 Å². The van der Waals surface area contributed by atoms with Crippen molar-refractivity contribution in [2.24, 2.45) is 5.92 Å². The van der Waals surface area contributed by atoms with Gasteiger partial charge in [0.25, 0.3) is 0 Å². The first-order valence-electron chi connectivity index (χ1n) is 6.81. The summed E-state index contributed by atoms with van der Waals surface area (Å²) in [5.74, 6) is 0.412. The number of aromatic nitrogens is 1. The van der Waals surface area contributed by atoms with Crippen LogP contribution in [0.25, 0.3) is 0 Å². The van der Waals surface area contributed by atoms with Gasteiger partial charge in [0.2, 0.25) is 0 Å². The van der Waals surface area contributed by atoms with E-state index in [4.69, 9.17) is 5.26 Å². The summed E-state index contributed by atoms with van der Waals surface area (Å²) in [6.45, 7) is 2.50. The second-order valence-electron chi connectivity index (χ2n) is 5.33. The Kier molecular flexibility index (Phi) is 4.68. The fourth-order valence-electron chi connectivity index (χ4n) is 2.35. The van der Waals surface area contributed by atoms with Crippen molar-refractivity contribution in [3.05, 3.63) is 23.4 Å². The number of piperidine rings is 1. The molecule has 0 bridgehead atoms. The fraction of sp³-hybridized carbons (Fsp3) is 0.571. The van der Waals surface area contributed by atoms with Gasteiger partial charge in [-0.2, -0.15) is 18.4 Å². The van der Waals surface area contributed by atoms with Crippen LogP contribution in [0, 0.1) is 17.2 Å². The number of pyridine rings is 1. The molecule has 1 aromatic heterocycles. The Morgan fingerprint density at radius 3 is 2.62 bits per heavy atom. The van der Waals surface area contributed by atoms with E-state index in [-0.39, 0.29) is 11.4 Å². The molecule has 0 atom stereocenters. The summed E-state index contributed by atoms with van der Waals surface area (Å²) < 4.78 is 38.0. The molecule has 0 aromatic carbocycles. The highest BCUT2D eigenvalue weighted by atomic mass is 19.4. The number of alkyl halides is 3. The summed E-state index contributed by atoms with van der Waals surface area (Å²) in [5, 5.41) is 11.9. The molecule has 0 spiro atoms. The standard InChI is InChI=1S/C14H17F3N4/c1-21-6-4-10(5-7-21)9-19-13-11(8-18)2-3-12(20-13)14(15,16)17/h2-3,10H,4-7,9H2,1H3,(H,19,20). The van der Waals surface area contributed by atoms with Gasteiger partial charge in [0, 0.05) is 6.54 Å². The molecule has 21 heavy (non-hydrogen) atoms. The smallest absolute Gasteiger partial charge is 0.369 e. The number of nitriles is 1. The SMILES string of the molecule is CN1CCC(CNc2nc(C(F)(F)F)ccc2C#N)CC1. The maximum atomic E-state index is 12.7. The highest BCUT2D eigenvalue weighted by Crippen LogP contribution is 2.29. The monoisotopic (exact) mass is 298 g/mol. The Morgan fingerprint density at radius 1 is 1.38 bits per heavy atom. The number of halogens is 3. The maximum absolute atomic E-state index is 12.7. The van der Waals surface area contributed by atoms with Crippen LogP contribution in [-0.4, -0.2) is 36.6 Å². The quantitative estimate of drug-likeness (QED) is 0.932. The summed E-state index contributed by atoms with van der Waals surface area (Å²) in [4.78, 5) is 5.77. The van der Waals surface area contributed by atoms with E-state index in [1.807, 2.05) is 13.1 Å². The zero-order valence-corrected chi connectivity index (χ0v) is 11.7. The molecule has 2 rings (SSSR count). The molecule has 0 saturated carbocycles. The average molecular weight is 298 g/mol. The van der Waals surface area contributed by atoms with E-state index >= 15 is 0 Å². The van der Waals surface area contributed by atoms with E-state index in [0.29, 0.717) is 12.5 Å². The molecule has 1 aliphatic heterocycles. The number of anilines is 1. The summed E-state index contributed by atoms with van der Waals surface area (Å²) in [6, 6.07) is 3.86. The van der Waals surface area contributed by atoms with E-state index in [2.05, 4.69) is 15.2 Å². The highest BCUT2D eigenvalue weighted by molar-refractivity contribution is 5.52. The molecule has 0 radical (unpaired) electrons. The van der Waals surface area contributed by atoms with Crippen molar-refractivity contribution in [3.8, 4) is 6.07 Å². The van der Waals surface area contributed by atoms with Gasteiger partial charge in [-0.1, -0.05) is 0 Å².